The van der Waals surface area contributed by atoms with Crippen LogP contribution in [-0.2, 0) is 4.74 Å². The van der Waals surface area contributed by atoms with Crippen LogP contribution in [0.3, 0.4) is 0 Å². The lowest BCUT2D eigenvalue weighted by molar-refractivity contribution is 0.0519. The maximum absolute atomic E-state index is 11.4. The molecule has 0 fully saturated rings. The zero-order chi connectivity index (χ0) is 14.3. The summed E-state index contributed by atoms with van der Waals surface area (Å²) < 4.78 is 9.90. The number of carbonyl (C=O) groups excluding carboxylic acids is 1. The molecule has 6 nitrogen and oxygen atoms in total. The first-order valence-corrected chi connectivity index (χ1v) is 6.66. The van der Waals surface area contributed by atoms with Gasteiger partial charge in [-0.3, -0.25) is 0 Å². The van der Waals surface area contributed by atoms with E-state index in [0.717, 1.165) is 12.8 Å². The zero-order valence-electron chi connectivity index (χ0n) is 11.7. The minimum Gasteiger partial charge on any atom is -0.461 e. The van der Waals surface area contributed by atoms with E-state index in [4.69, 9.17) is 9.15 Å². The van der Waals surface area contributed by atoms with Crippen LogP contribution in [0.25, 0.3) is 0 Å². The van der Waals surface area contributed by atoms with E-state index in [1.54, 1.807) is 6.92 Å². The second kappa shape index (κ2) is 7.78. The van der Waals surface area contributed by atoms with Gasteiger partial charge >= 0.3 is 5.97 Å². The number of esters is 1. The quantitative estimate of drug-likeness (QED) is 0.703. The predicted molar refractivity (Wildman–Crippen MR) is 71.0 cm³/mol. The van der Waals surface area contributed by atoms with Crippen molar-refractivity contribution in [3.05, 3.63) is 12.0 Å². The van der Waals surface area contributed by atoms with E-state index >= 15 is 0 Å². The third kappa shape index (κ3) is 4.55. The number of oxazole rings is 1. The molecule has 0 saturated heterocycles. The smallest absolute Gasteiger partial charge is 0.360 e. The van der Waals surface area contributed by atoms with Crippen molar-refractivity contribution in [1.82, 2.24) is 4.98 Å². The van der Waals surface area contributed by atoms with Gasteiger partial charge in [-0.25, -0.2) is 4.79 Å². The molecule has 1 atom stereocenters. The highest BCUT2D eigenvalue weighted by Crippen LogP contribution is 2.14. The van der Waals surface area contributed by atoms with Crippen LogP contribution < -0.4 is 5.32 Å². The molecule has 1 heterocycles. The first kappa shape index (κ1) is 15.5. The summed E-state index contributed by atoms with van der Waals surface area (Å²) in [5.74, 6) is -0.271. The number of anilines is 1. The van der Waals surface area contributed by atoms with E-state index in [9.17, 15) is 9.90 Å². The predicted octanol–water partition coefficient (Wildman–Crippen LogP) is 2.06. The lowest BCUT2D eigenvalue weighted by atomic mass is 9.97. The Morgan fingerprint density at radius 1 is 1.47 bits per heavy atom. The molecule has 0 radical (unpaired) electrons. The highest BCUT2D eigenvalue weighted by molar-refractivity contribution is 5.87. The van der Waals surface area contributed by atoms with Gasteiger partial charge in [0.1, 0.15) is 6.26 Å². The Kier molecular flexibility index (Phi) is 6.35. The van der Waals surface area contributed by atoms with Crippen molar-refractivity contribution >= 4 is 12.0 Å². The minimum atomic E-state index is -0.514. The molecule has 0 amide bonds. The van der Waals surface area contributed by atoms with Gasteiger partial charge < -0.3 is 19.6 Å². The molecule has 19 heavy (non-hydrogen) atoms. The summed E-state index contributed by atoms with van der Waals surface area (Å²) in [7, 11) is 0. The zero-order valence-corrected chi connectivity index (χ0v) is 11.7. The lowest BCUT2D eigenvalue weighted by Gasteiger charge is -2.19. The first-order valence-electron chi connectivity index (χ1n) is 6.66. The number of carbonyl (C=O) groups is 1. The van der Waals surface area contributed by atoms with Crippen LogP contribution in [0.5, 0.6) is 0 Å². The molecule has 0 aliphatic carbocycles. The molecule has 0 aromatic carbocycles. The van der Waals surface area contributed by atoms with Gasteiger partial charge in [0, 0.05) is 6.54 Å². The Morgan fingerprint density at radius 2 is 2.16 bits per heavy atom. The molecule has 1 unspecified atom stereocenters. The number of nitrogens with zero attached hydrogens (tertiary/aromatic N) is 1. The highest BCUT2D eigenvalue weighted by atomic mass is 16.5. The van der Waals surface area contributed by atoms with Gasteiger partial charge in [0.25, 0.3) is 6.01 Å². The van der Waals surface area contributed by atoms with Gasteiger partial charge in [-0.1, -0.05) is 26.7 Å². The van der Waals surface area contributed by atoms with E-state index < -0.39 is 12.1 Å². The second-order valence-electron chi connectivity index (χ2n) is 4.28. The Labute approximate surface area is 113 Å². The van der Waals surface area contributed by atoms with Crippen molar-refractivity contribution in [1.29, 1.82) is 0 Å². The SMILES string of the molecule is CCOC(=O)c1coc(NCC(O)C(CC)CC)n1. The van der Waals surface area contributed by atoms with E-state index in [-0.39, 0.29) is 17.6 Å². The third-order valence-corrected chi connectivity index (χ3v) is 3.04. The van der Waals surface area contributed by atoms with Gasteiger partial charge in [0.2, 0.25) is 0 Å². The Balaban J connectivity index is 2.48. The van der Waals surface area contributed by atoms with E-state index in [1.807, 2.05) is 13.8 Å². The van der Waals surface area contributed by atoms with Crippen molar-refractivity contribution < 1.29 is 19.1 Å². The Bertz CT molecular complexity index is 388. The van der Waals surface area contributed by atoms with Gasteiger partial charge in [-0.15, -0.1) is 0 Å². The molecular formula is C13H22N2O4. The van der Waals surface area contributed by atoms with Crippen molar-refractivity contribution in [2.24, 2.45) is 5.92 Å². The Hall–Kier alpha value is -1.56. The molecule has 0 bridgehead atoms. The molecule has 0 aliphatic heterocycles. The van der Waals surface area contributed by atoms with Crippen LogP contribution in [0.2, 0.25) is 0 Å². The largest absolute Gasteiger partial charge is 0.461 e. The van der Waals surface area contributed by atoms with E-state index in [0.29, 0.717) is 13.2 Å². The topological polar surface area (TPSA) is 84.6 Å². The molecule has 0 aliphatic rings. The number of ether oxygens (including phenoxy) is 1. The summed E-state index contributed by atoms with van der Waals surface area (Å²) in [6, 6.07) is 0.216. The number of aliphatic hydroxyl groups is 1. The summed E-state index contributed by atoms with van der Waals surface area (Å²) in [5.41, 5.74) is 0.126. The van der Waals surface area contributed by atoms with Crippen LogP contribution in [0, 0.1) is 5.92 Å². The minimum absolute atomic E-state index is 0.126. The summed E-state index contributed by atoms with van der Waals surface area (Å²) >= 11 is 0. The number of aliphatic hydroxyl groups excluding tert-OH is 1. The van der Waals surface area contributed by atoms with Crippen molar-refractivity contribution in [3.8, 4) is 0 Å². The molecule has 1 aromatic heterocycles. The standard InChI is InChI=1S/C13H22N2O4/c1-4-9(5-2)11(16)7-14-13-15-10(8-19-13)12(17)18-6-3/h8-9,11,16H,4-7H2,1-3H3,(H,14,15). The molecule has 2 N–H and O–H groups in total. The maximum Gasteiger partial charge on any atom is 0.360 e. The molecule has 108 valence electrons. The maximum atomic E-state index is 11.4. The van der Waals surface area contributed by atoms with E-state index in [2.05, 4.69) is 10.3 Å². The van der Waals surface area contributed by atoms with Crippen LogP contribution in [-0.4, -0.2) is 35.3 Å². The van der Waals surface area contributed by atoms with Crippen LogP contribution >= 0.6 is 0 Å². The normalized spacial score (nSPS) is 12.5. The first-order chi connectivity index (χ1) is 9.12. The molecule has 0 spiro atoms. The molecule has 1 aromatic rings. The number of rotatable bonds is 8. The third-order valence-electron chi connectivity index (χ3n) is 3.04. The molecular weight excluding hydrogens is 248 g/mol. The van der Waals surface area contributed by atoms with Gasteiger partial charge in [-0.2, -0.15) is 4.98 Å². The number of hydrogen-bond acceptors (Lipinski definition) is 6. The monoisotopic (exact) mass is 270 g/mol. The highest BCUT2D eigenvalue weighted by Gasteiger charge is 2.17. The average Bonchev–Trinajstić information content (AvgIpc) is 2.87. The van der Waals surface area contributed by atoms with Gasteiger partial charge in [-0.05, 0) is 12.8 Å². The van der Waals surface area contributed by atoms with Gasteiger partial charge in [0.15, 0.2) is 5.69 Å². The Morgan fingerprint density at radius 3 is 2.74 bits per heavy atom. The number of aromatic nitrogens is 1. The van der Waals surface area contributed by atoms with Crippen molar-refractivity contribution in [2.75, 3.05) is 18.5 Å². The van der Waals surface area contributed by atoms with E-state index in [1.165, 1.54) is 6.26 Å². The summed E-state index contributed by atoms with van der Waals surface area (Å²) in [6.45, 7) is 6.45. The summed E-state index contributed by atoms with van der Waals surface area (Å²) in [6.07, 6.45) is 2.61. The summed E-state index contributed by atoms with van der Waals surface area (Å²) in [4.78, 5) is 15.3. The molecule has 6 heteroatoms. The summed E-state index contributed by atoms with van der Waals surface area (Å²) in [5, 5.41) is 12.8. The van der Waals surface area contributed by atoms with Crippen LogP contribution in [0.1, 0.15) is 44.1 Å². The fourth-order valence-corrected chi connectivity index (χ4v) is 1.85. The van der Waals surface area contributed by atoms with Crippen LogP contribution in [0.4, 0.5) is 6.01 Å². The van der Waals surface area contributed by atoms with Crippen molar-refractivity contribution in [3.63, 3.8) is 0 Å². The van der Waals surface area contributed by atoms with Crippen LogP contribution in [0.15, 0.2) is 10.7 Å². The lowest BCUT2D eigenvalue weighted by Crippen LogP contribution is -2.27. The fraction of sp³-hybridized carbons (Fsp3) is 0.692. The number of nitrogens with one attached hydrogen (secondary N) is 1. The average molecular weight is 270 g/mol. The molecule has 1 rings (SSSR count). The molecule has 0 saturated carbocycles. The van der Waals surface area contributed by atoms with Gasteiger partial charge in [0.05, 0.1) is 12.7 Å². The fourth-order valence-electron chi connectivity index (χ4n) is 1.85. The second-order valence-corrected chi connectivity index (χ2v) is 4.28. The number of hydrogen-bond donors (Lipinski definition) is 2. The van der Waals surface area contributed by atoms with Crippen molar-refractivity contribution in [2.45, 2.75) is 39.7 Å².